The Morgan fingerprint density at radius 1 is 1.50 bits per heavy atom. The number of esters is 1. The number of rotatable bonds is 5. The minimum atomic E-state index is -0.908. The van der Waals surface area contributed by atoms with Gasteiger partial charge >= 0.3 is 5.97 Å². The molecule has 0 fully saturated rings. The highest BCUT2D eigenvalue weighted by Gasteiger charge is 2.28. The SMILES string of the molecule is COC(=O)[C@@H](NC(=O)c1cccc(O)c1)[C@@H](C)CC#N. The highest BCUT2D eigenvalue weighted by molar-refractivity contribution is 5.97. The van der Waals surface area contributed by atoms with Crippen LogP contribution in [-0.4, -0.2) is 30.1 Å². The smallest absolute Gasteiger partial charge is 0.328 e. The molecule has 0 unspecified atom stereocenters. The summed E-state index contributed by atoms with van der Waals surface area (Å²) in [5.74, 6) is -1.55. The number of phenols is 1. The lowest BCUT2D eigenvalue weighted by Crippen LogP contribution is -2.45. The molecule has 2 atom stereocenters. The quantitative estimate of drug-likeness (QED) is 0.787. The summed E-state index contributed by atoms with van der Waals surface area (Å²) in [7, 11) is 1.22. The van der Waals surface area contributed by atoms with E-state index in [1.165, 1.54) is 31.4 Å². The molecule has 2 N–H and O–H groups in total. The van der Waals surface area contributed by atoms with Crippen molar-refractivity contribution in [2.24, 2.45) is 5.92 Å². The van der Waals surface area contributed by atoms with Crippen molar-refractivity contribution < 1.29 is 19.4 Å². The lowest BCUT2D eigenvalue weighted by atomic mass is 9.98. The van der Waals surface area contributed by atoms with Crippen molar-refractivity contribution in [2.45, 2.75) is 19.4 Å². The maximum atomic E-state index is 12.0. The van der Waals surface area contributed by atoms with Crippen molar-refractivity contribution >= 4 is 11.9 Å². The third-order valence-corrected chi connectivity index (χ3v) is 2.83. The Bertz CT molecular complexity index is 536. The highest BCUT2D eigenvalue weighted by Crippen LogP contribution is 2.13. The third-order valence-electron chi connectivity index (χ3n) is 2.83. The number of phenolic OH excluding ortho intramolecular Hbond substituents is 1. The zero-order valence-corrected chi connectivity index (χ0v) is 11.3. The summed E-state index contributed by atoms with van der Waals surface area (Å²) in [5, 5.41) is 20.5. The van der Waals surface area contributed by atoms with Crippen LogP contribution in [0.5, 0.6) is 5.75 Å². The molecular formula is C14H16N2O4. The van der Waals surface area contributed by atoms with Crippen LogP contribution in [0.1, 0.15) is 23.7 Å². The van der Waals surface area contributed by atoms with Gasteiger partial charge in [0.15, 0.2) is 0 Å². The largest absolute Gasteiger partial charge is 0.508 e. The molecule has 106 valence electrons. The number of ether oxygens (including phenoxy) is 1. The summed E-state index contributed by atoms with van der Waals surface area (Å²) in [6, 6.07) is 6.81. The number of nitriles is 1. The number of methoxy groups -OCH3 is 1. The first kappa shape index (κ1) is 15.5. The Hall–Kier alpha value is -2.55. The molecule has 1 aromatic rings. The maximum Gasteiger partial charge on any atom is 0.328 e. The monoisotopic (exact) mass is 276 g/mol. The molecule has 0 heterocycles. The number of hydrogen-bond acceptors (Lipinski definition) is 5. The Kier molecular flexibility index (Phi) is 5.54. The first-order valence-corrected chi connectivity index (χ1v) is 6.04. The van der Waals surface area contributed by atoms with Crippen molar-refractivity contribution in [2.75, 3.05) is 7.11 Å². The molecule has 0 saturated carbocycles. The standard InChI is InChI=1S/C14H16N2O4/c1-9(6-7-15)12(14(19)20-2)16-13(18)10-4-3-5-11(17)8-10/h3-5,8-9,12,17H,6H2,1-2H3,(H,16,18)/t9-,12-/m0/s1. The van der Waals surface area contributed by atoms with Crippen LogP contribution in [0.15, 0.2) is 24.3 Å². The van der Waals surface area contributed by atoms with Gasteiger partial charge < -0.3 is 15.2 Å². The van der Waals surface area contributed by atoms with Crippen LogP contribution >= 0.6 is 0 Å². The molecule has 0 aliphatic carbocycles. The molecule has 20 heavy (non-hydrogen) atoms. The van der Waals surface area contributed by atoms with E-state index in [9.17, 15) is 14.7 Å². The highest BCUT2D eigenvalue weighted by atomic mass is 16.5. The second-order valence-electron chi connectivity index (χ2n) is 4.36. The van der Waals surface area contributed by atoms with Crippen molar-refractivity contribution in [1.82, 2.24) is 5.32 Å². The van der Waals surface area contributed by atoms with E-state index in [1.807, 2.05) is 6.07 Å². The van der Waals surface area contributed by atoms with Gasteiger partial charge in [-0.05, 0) is 18.2 Å². The van der Waals surface area contributed by atoms with Crippen molar-refractivity contribution in [3.05, 3.63) is 29.8 Å². The minimum Gasteiger partial charge on any atom is -0.508 e. The molecule has 0 saturated heterocycles. The average Bonchev–Trinajstić information content (AvgIpc) is 2.43. The molecule has 6 heteroatoms. The first-order valence-electron chi connectivity index (χ1n) is 6.04. The van der Waals surface area contributed by atoms with Crippen molar-refractivity contribution in [3.8, 4) is 11.8 Å². The summed E-state index contributed by atoms with van der Waals surface area (Å²) in [6.07, 6.45) is 0.111. The van der Waals surface area contributed by atoms with Gasteiger partial charge in [0, 0.05) is 17.9 Å². The van der Waals surface area contributed by atoms with E-state index < -0.39 is 17.9 Å². The van der Waals surface area contributed by atoms with Gasteiger partial charge in [0.25, 0.3) is 5.91 Å². The zero-order chi connectivity index (χ0) is 15.1. The van der Waals surface area contributed by atoms with Crippen LogP contribution in [0.3, 0.4) is 0 Å². The number of hydrogen-bond donors (Lipinski definition) is 2. The molecular weight excluding hydrogens is 260 g/mol. The van der Waals surface area contributed by atoms with E-state index in [4.69, 9.17) is 5.26 Å². The van der Waals surface area contributed by atoms with Crippen molar-refractivity contribution in [1.29, 1.82) is 5.26 Å². The van der Waals surface area contributed by atoms with E-state index in [1.54, 1.807) is 6.92 Å². The molecule has 0 radical (unpaired) electrons. The van der Waals surface area contributed by atoms with Gasteiger partial charge in [0.1, 0.15) is 11.8 Å². The summed E-state index contributed by atoms with van der Waals surface area (Å²) in [4.78, 5) is 23.7. The van der Waals surface area contributed by atoms with Crippen molar-refractivity contribution in [3.63, 3.8) is 0 Å². The van der Waals surface area contributed by atoms with Crippen LogP contribution in [0.2, 0.25) is 0 Å². The van der Waals surface area contributed by atoms with Gasteiger partial charge in [-0.25, -0.2) is 4.79 Å². The normalized spacial score (nSPS) is 12.8. The summed E-state index contributed by atoms with van der Waals surface area (Å²) in [5.41, 5.74) is 0.225. The number of carbonyl (C=O) groups is 2. The fraction of sp³-hybridized carbons (Fsp3) is 0.357. The Balaban J connectivity index is 2.87. The summed E-state index contributed by atoms with van der Waals surface area (Å²) in [6.45, 7) is 1.67. The lowest BCUT2D eigenvalue weighted by molar-refractivity contribution is -0.144. The zero-order valence-electron chi connectivity index (χ0n) is 11.3. The molecule has 0 aliphatic heterocycles. The van der Waals surface area contributed by atoms with E-state index in [-0.39, 0.29) is 23.7 Å². The van der Waals surface area contributed by atoms with E-state index in [2.05, 4.69) is 10.1 Å². The number of nitrogens with one attached hydrogen (secondary N) is 1. The molecule has 6 nitrogen and oxygen atoms in total. The average molecular weight is 276 g/mol. The minimum absolute atomic E-state index is 0.0441. The van der Waals surface area contributed by atoms with E-state index in [0.29, 0.717) is 0 Å². The fourth-order valence-electron chi connectivity index (χ4n) is 1.69. The lowest BCUT2D eigenvalue weighted by Gasteiger charge is -2.21. The van der Waals surface area contributed by atoms with Gasteiger partial charge in [-0.1, -0.05) is 13.0 Å². The van der Waals surface area contributed by atoms with Crippen LogP contribution in [0.4, 0.5) is 0 Å². The fourth-order valence-corrected chi connectivity index (χ4v) is 1.69. The number of amides is 1. The van der Waals surface area contributed by atoms with E-state index in [0.717, 1.165) is 0 Å². The van der Waals surface area contributed by atoms with Gasteiger partial charge in [-0.2, -0.15) is 5.26 Å². The van der Waals surface area contributed by atoms with Crippen LogP contribution in [-0.2, 0) is 9.53 Å². The Morgan fingerprint density at radius 2 is 2.20 bits per heavy atom. The molecule has 0 bridgehead atoms. The Labute approximate surface area is 117 Å². The summed E-state index contributed by atoms with van der Waals surface area (Å²) >= 11 is 0. The second-order valence-corrected chi connectivity index (χ2v) is 4.36. The van der Waals surface area contributed by atoms with Gasteiger partial charge in [-0.15, -0.1) is 0 Å². The van der Waals surface area contributed by atoms with Crippen LogP contribution in [0.25, 0.3) is 0 Å². The van der Waals surface area contributed by atoms with Gasteiger partial charge in [0.05, 0.1) is 13.2 Å². The topological polar surface area (TPSA) is 99.4 Å². The predicted octanol–water partition coefficient (Wildman–Crippen LogP) is 1.21. The van der Waals surface area contributed by atoms with Gasteiger partial charge in [0.2, 0.25) is 0 Å². The van der Waals surface area contributed by atoms with Crippen LogP contribution < -0.4 is 5.32 Å². The Morgan fingerprint density at radius 3 is 2.75 bits per heavy atom. The third kappa shape index (κ3) is 3.99. The molecule has 1 aromatic carbocycles. The summed E-state index contributed by atoms with van der Waals surface area (Å²) < 4.78 is 4.63. The molecule has 1 amide bonds. The number of nitrogens with zero attached hydrogens (tertiary/aromatic N) is 1. The number of carbonyl (C=O) groups excluding carboxylic acids is 2. The molecule has 0 aliphatic rings. The molecule has 0 aromatic heterocycles. The number of aromatic hydroxyl groups is 1. The van der Waals surface area contributed by atoms with Crippen LogP contribution in [0, 0.1) is 17.2 Å². The van der Waals surface area contributed by atoms with E-state index >= 15 is 0 Å². The van der Waals surface area contributed by atoms with Gasteiger partial charge in [-0.3, -0.25) is 4.79 Å². The second kappa shape index (κ2) is 7.14. The maximum absolute atomic E-state index is 12.0. The molecule has 0 spiro atoms. The predicted molar refractivity (Wildman–Crippen MR) is 70.8 cm³/mol. The first-order chi connectivity index (χ1) is 9.49. The molecule has 1 rings (SSSR count). The number of benzene rings is 1.